The predicted molar refractivity (Wildman–Crippen MR) is 154 cm³/mol. The number of benzene rings is 2. The summed E-state index contributed by atoms with van der Waals surface area (Å²) in [5, 5.41) is 8.62. The van der Waals surface area contributed by atoms with Gasteiger partial charge in [0.2, 0.25) is 25.5 Å². The van der Waals surface area contributed by atoms with Crippen molar-refractivity contribution in [3.8, 4) is 23.0 Å². The Morgan fingerprint density at radius 1 is 0.850 bits per heavy atom. The molecule has 40 heavy (non-hydrogen) atoms. The van der Waals surface area contributed by atoms with Gasteiger partial charge in [0.25, 0.3) is 0 Å². The van der Waals surface area contributed by atoms with Crippen molar-refractivity contribution in [2.75, 3.05) is 54.9 Å². The van der Waals surface area contributed by atoms with Crippen LogP contribution >= 0.6 is 0 Å². The number of rotatable bonds is 7. The Hall–Kier alpha value is -4.88. The van der Waals surface area contributed by atoms with E-state index in [-0.39, 0.29) is 37.4 Å². The highest BCUT2D eigenvalue weighted by atomic mass is 16.7. The Morgan fingerprint density at radius 2 is 1.55 bits per heavy atom. The van der Waals surface area contributed by atoms with Gasteiger partial charge in [-0.2, -0.15) is 4.99 Å². The summed E-state index contributed by atoms with van der Waals surface area (Å²) in [7, 11) is 7.05. The smallest absolute Gasteiger partial charge is 0.231 e. The number of likely N-dealkylation sites (N-methyl/N-ethyl adjacent to an activating group) is 1. The first-order valence-corrected chi connectivity index (χ1v) is 12.6. The molecule has 0 aliphatic carbocycles. The van der Waals surface area contributed by atoms with Gasteiger partial charge in [-0.1, -0.05) is 18.2 Å². The molecule has 0 aromatic heterocycles. The molecule has 0 saturated carbocycles. The first-order valence-electron chi connectivity index (χ1n) is 12.6. The SMILES string of the molecule is CN(C)C(N)=NC(N)=NCCc1ccc(N=C(N)N(C)C(=N)N(C)CCc2cccc3c2OCO3)c2c1OCO2. The number of guanidine groups is 4. The molecular formula is C26H36N10O4. The number of nitrogens with one attached hydrogen (secondary N) is 1. The maximum absolute atomic E-state index is 8.62. The number of ether oxygens (including phenoxy) is 4. The lowest BCUT2D eigenvalue weighted by Gasteiger charge is -2.27. The molecule has 2 aliphatic rings. The van der Waals surface area contributed by atoms with Gasteiger partial charge in [-0.25, -0.2) is 4.99 Å². The van der Waals surface area contributed by atoms with Gasteiger partial charge in [0.05, 0.1) is 0 Å². The Kier molecular flexibility index (Phi) is 8.67. The van der Waals surface area contributed by atoms with E-state index in [1.807, 2.05) is 31.3 Å². The van der Waals surface area contributed by atoms with Crippen LogP contribution in [0.25, 0.3) is 0 Å². The summed E-state index contributed by atoms with van der Waals surface area (Å²) in [6, 6.07) is 9.48. The zero-order valence-corrected chi connectivity index (χ0v) is 23.2. The van der Waals surface area contributed by atoms with Gasteiger partial charge in [0.1, 0.15) is 5.69 Å². The maximum atomic E-state index is 8.62. The van der Waals surface area contributed by atoms with Crippen LogP contribution in [0.1, 0.15) is 11.1 Å². The number of hydrogen-bond donors (Lipinski definition) is 4. The number of nitrogens with zero attached hydrogens (tertiary/aromatic N) is 6. The van der Waals surface area contributed by atoms with E-state index in [1.54, 1.807) is 37.0 Å². The molecule has 2 aromatic carbocycles. The Bertz CT molecular complexity index is 1340. The first-order chi connectivity index (χ1) is 19.2. The topological polar surface area (TPSA) is 186 Å². The number of aliphatic imine (C=N–C) groups is 3. The zero-order valence-electron chi connectivity index (χ0n) is 23.2. The molecule has 0 fully saturated rings. The van der Waals surface area contributed by atoms with Gasteiger partial charge in [0, 0.05) is 46.8 Å². The van der Waals surface area contributed by atoms with Crippen LogP contribution in [0.2, 0.25) is 0 Å². The van der Waals surface area contributed by atoms with Crippen molar-refractivity contribution in [3.63, 3.8) is 0 Å². The highest BCUT2D eigenvalue weighted by Crippen LogP contribution is 2.43. The molecule has 14 nitrogen and oxygen atoms in total. The predicted octanol–water partition coefficient (Wildman–Crippen LogP) is 0.865. The van der Waals surface area contributed by atoms with Crippen molar-refractivity contribution in [1.82, 2.24) is 14.7 Å². The van der Waals surface area contributed by atoms with E-state index in [9.17, 15) is 0 Å². The standard InChI is InChI=1S/C26H36N10O4/c1-34(2)24(28)33-23(27)31-12-10-17-8-9-18(22-21(17)39-15-40-22)32-25(29)36(4)26(30)35(3)13-11-16-6-5-7-19-20(16)38-14-37-19/h5-9,30H,10-15H2,1-4H3,(H2,29,32)(H4,27,28,31,33). The summed E-state index contributed by atoms with van der Waals surface area (Å²) >= 11 is 0. The second-order valence-electron chi connectivity index (χ2n) is 9.34. The maximum Gasteiger partial charge on any atom is 0.231 e. The van der Waals surface area contributed by atoms with E-state index in [0.717, 1.165) is 22.6 Å². The van der Waals surface area contributed by atoms with Crippen molar-refractivity contribution >= 4 is 29.5 Å². The fraction of sp³-hybridized carbons (Fsp3) is 0.385. The Morgan fingerprint density at radius 3 is 2.33 bits per heavy atom. The van der Waals surface area contributed by atoms with Crippen LogP contribution in [0.4, 0.5) is 5.69 Å². The first kappa shape index (κ1) is 28.1. The van der Waals surface area contributed by atoms with Crippen molar-refractivity contribution in [2.45, 2.75) is 12.8 Å². The van der Waals surface area contributed by atoms with E-state index in [1.165, 1.54) is 4.90 Å². The molecule has 0 unspecified atom stereocenters. The van der Waals surface area contributed by atoms with Gasteiger partial charge < -0.3 is 45.9 Å². The number of hydrogen-bond acceptors (Lipinski definition) is 7. The third kappa shape index (κ3) is 6.39. The average Bonchev–Trinajstić information content (AvgIpc) is 3.62. The van der Waals surface area contributed by atoms with E-state index in [4.69, 9.17) is 41.6 Å². The fourth-order valence-electron chi connectivity index (χ4n) is 4.01. The van der Waals surface area contributed by atoms with Gasteiger partial charge in [0.15, 0.2) is 34.9 Å². The molecule has 214 valence electrons. The van der Waals surface area contributed by atoms with Gasteiger partial charge in [-0.05, 0) is 30.5 Å². The fourth-order valence-corrected chi connectivity index (χ4v) is 4.01. The molecule has 4 rings (SSSR count). The summed E-state index contributed by atoms with van der Waals surface area (Å²) < 4.78 is 22.4. The van der Waals surface area contributed by atoms with Crippen LogP contribution in [-0.4, -0.2) is 93.4 Å². The second-order valence-corrected chi connectivity index (χ2v) is 9.34. The van der Waals surface area contributed by atoms with Gasteiger partial charge in [-0.3, -0.25) is 15.3 Å². The van der Waals surface area contributed by atoms with Crippen LogP contribution in [0.3, 0.4) is 0 Å². The molecule has 2 aliphatic heterocycles. The molecule has 7 N–H and O–H groups in total. The third-order valence-corrected chi connectivity index (χ3v) is 6.37. The second kappa shape index (κ2) is 12.3. The molecule has 2 aromatic rings. The molecular weight excluding hydrogens is 516 g/mol. The van der Waals surface area contributed by atoms with Crippen LogP contribution in [0.15, 0.2) is 45.3 Å². The minimum absolute atomic E-state index is 0.0657. The number of para-hydroxylation sites is 1. The van der Waals surface area contributed by atoms with Crippen molar-refractivity contribution in [3.05, 3.63) is 41.5 Å². The van der Waals surface area contributed by atoms with Crippen LogP contribution in [0, 0.1) is 5.41 Å². The van der Waals surface area contributed by atoms with Crippen LogP contribution < -0.4 is 36.1 Å². The molecule has 14 heteroatoms. The molecule has 2 heterocycles. The van der Waals surface area contributed by atoms with Crippen molar-refractivity contribution in [2.24, 2.45) is 32.2 Å². The van der Waals surface area contributed by atoms with Crippen LogP contribution in [0.5, 0.6) is 23.0 Å². The molecule has 0 radical (unpaired) electrons. The highest BCUT2D eigenvalue weighted by Gasteiger charge is 2.23. The molecule has 0 amide bonds. The molecule has 0 bridgehead atoms. The zero-order chi connectivity index (χ0) is 28.8. The van der Waals surface area contributed by atoms with Gasteiger partial charge >= 0.3 is 0 Å². The minimum atomic E-state index is 0.0657. The van der Waals surface area contributed by atoms with E-state index in [0.29, 0.717) is 43.1 Å². The summed E-state index contributed by atoms with van der Waals surface area (Å²) in [5.41, 5.74) is 20.3. The summed E-state index contributed by atoms with van der Waals surface area (Å²) in [6.07, 6.45) is 1.21. The normalized spacial score (nSPS) is 14.3. The van der Waals surface area contributed by atoms with Crippen molar-refractivity contribution in [1.29, 1.82) is 5.41 Å². The average molecular weight is 553 g/mol. The minimum Gasteiger partial charge on any atom is -0.454 e. The quantitative estimate of drug-likeness (QED) is 0.284. The highest BCUT2D eigenvalue weighted by molar-refractivity contribution is 5.97. The molecule has 0 saturated heterocycles. The Labute approximate surface area is 233 Å². The van der Waals surface area contributed by atoms with Crippen LogP contribution in [-0.2, 0) is 12.8 Å². The van der Waals surface area contributed by atoms with Crippen molar-refractivity contribution < 1.29 is 18.9 Å². The van der Waals surface area contributed by atoms with E-state index in [2.05, 4.69) is 15.0 Å². The van der Waals surface area contributed by atoms with E-state index >= 15 is 0 Å². The number of nitrogens with two attached hydrogens (primary N) is 3. The summed E-state index contributed by atoms with van der Waals surface area (Å²) in [6.45, 7) is 1.23. The molecule has 0 spiro atoms. The number of fused-ring (bicyclic) bond motifs is 2. The van der Waals surface area contributed by atoms with Gasteiger partial charge in [-0.15, -0.1) is 0 Å². The summed E-state index contributed by atoms with van der Waals surface area (Å²) in [5.74, 6) is 3.25. The summed E-state index contributed by atoms with van der Waals surface area (Å²) in [4.78, 5) is 17.7. The molecule has 0 atom stereocenters. The lowest BCUT2D eigenvalue weighted by Crippen LogP contribution is -2.46. The largest absolute Gasteiger partial charge is 0.454 e. The van der Waals surface area contributed by atoms with E-state index < -0.39 is 0 Å². The monoisotopic (exact) mass is 552 g/mol. The lowest BCUT2D eigenvalue weighted by molar-refractivity contribution is 0.173. The Balaban J connectivity index is 1.39. The third-order valence-electron chi connectivity index (χ3n) is 6.37. The lowest BCUT2D eigenvalue weighted by atomic mass is 10.1.